The topological polar surface area (TPSA) is 37.4 Å². The Morgan fingerprint density at radius 1 is 1.29 bits per heavy atom. The number of hydrogen-bond donors (Lipinski definition) is 0. The van der Waals surface area contributed by atoms with Crippen LogP contribution in [0.5, 0.6) is 0 Å². The fourth-order valence-corrected chi connectivity index (χ4v) is 6.59. The smallest absolute Gasteiger partial charge is 0.207 e. The predicted molar refractivity (Wildman–Crippen MR) is 95.4 cm³/mol. The molecule has 0 N–H and O–H groups in total. The van der Waals surface area contributed by atoms with Gasteiger partial charge in [0.2, 0.25) is 10.0 Å². The van der Waals surface area contributed by atoms with E-state index in [9.17, 15) is 8.42 Å². The maximum absolute atomic E-state index is 13.0. The summed E-state index contributed by atoms with van der Waals surface area (Å²) in [5.41, 5.74) is 1.08. The van der Waals surface area contributed by atoms with Crippen LogP contribution in [0.15, 0.2) is 29.2 Å². The summed E-state index contributed by atoms with van der Waals surface area (Å²) in [6.45, 7) is 6.16. The molecular weight excluding hydrogens is 397 g/mol. The molecule has 21 heavy (non-hydrogen) atoms. The second-order valence-corrected chi connectivity index (χ2v) is 9.40. The van der Waals surface area contributed by atoms with Crippen molar-refractivity contribution in [2.45, 2.75) is 67.4 Å². The van der Waals surface area contributed by atoms with Crippen LogP contribution in [0.25, 0.3) is 0 Å². The molecule has 0 spiro atoms. The standard InChI is InChI=1S/C16H24INO2S/c1-4-5-6-16-15(17)11-13(3)18(16)21(19,20)14-9-7-12(2)8-10-14/h7-10,13,15-16H,4-6,11H2,1-3H3/t13-,15+,16-/m0/s1. The SMILES string of the molecule is CCCC[C@H]1[C@H](I)C[C@H](C)N1S(=O)(=O)c1ccc(C)cc1. The van der Waals surface area contributed by atoms with Gasteiger partial charge < -0.3 is 0 Å². The molecule has 1 saturated heterocycles. The number of sulfonamides is 1. The zero-order valence-corrected chi connectivity index (χ0v) is 15.9. The summed E-state index contributed by atoms with van der Waals surface area (Å²) in [6, 6.07) is 7.42. The number of unbranched alkanes of at least 4 members (excludes halogenated alkanes) is 1. The lowest BCUT2D eigenvalue weighted by atomic mass is 10.1. The maximum Gasteiger partial charge on any atom is 0.243 e. The summed E-state index contributed by atoms with van der Waals surface area (Å²) in [6.07, 6.45) is 4.09. The Kier molecular flexibility index (Phi) is 5.71. The minimum atomic E-state index is -3.39. The summed E-state index contributed by atoms with van der Waals surface area (Å²) in [7, 11) is -3.39. The van der Waals surface area contributed by atoms with Gasteiger partial charge in [-0.15, -0.1) is 0 Å². The Morgan fingerprint density at radius 3 is 2.48 bits per heavy atom. The van der Waals surface area contributed by atoms with Crippen molar-refractivity contribution in [1.82, 2.24) is 4.31 Å². The van der Waals surface area contributed by atoms with E-state index < -0.39 is 10.0 Å². The number of rotatable bonds is 5. The molecule has 1 aromatic rings. The monoisotopic (exact) mass is 421 g/mol. The largest absolute Gasteiger partial charge is 0.243 e. The van der Waals surface area contributed by atoms with Crippen molar-refractivity contribution in [3.63, 3.8) is 0 Å². The molecule has 1 aliphatic heterocycles. The van der Waals surface area contributed by atoms with Crippen LogP contribution in [-0.2, 0) is 10.0 Å². The lowest BCUT2D eigenvalue weighted by Gasteiger charge is -2.28. The van der Waals surface area contributed by atoms with Gasteiger partial charge in [-0.05, 0) is 38.8 Å². The number of aryl methyl sites for hydroxylation is 1. The molecule has 118 valence electrons. The quantitative estimate of drug-likeness (QED) is 0.530. The highest BCUT2D eigenvalue weighted by molar-refractivity contribution is 14.1. The van der Waals surface area contributed by atoms with Crippen LogP contribution in [0.4, 0.5) is 0 Å². The van der Waals surface area contributed by atoms with Crippen LogP contribution < -0.4 is 0 Å². The molecule has 1 fully saturated rings. The van der Waals surface area contributed by atoms with Gasteiger partial charge in [0.05, 0.1) is 4.90 Å². The van der Waals surface area contributed by atoms with Crippen LogP contribution in [0.2, 0.25) is 0 Å². The van der Waals surface area contributed by atoms with Gasteiger partial charge in [-0.25, -0.2) is 8.42 Å². The summed E-state index contributed by atoms with van der Waals surface area (Å²) in [5, 5.41) is 0. The van der Waals surface area contributed by atoms with Crippen molar-refractivity contribution in [2.75, 3.05) is 0 Å². The average Bonchev–Trinajstić information content (AvgIpc) is 2.71. The molecule has 0 radical (unpaired) electrons. The van der Waals surface area contributed by atoms with Crippen molar-refractivity contribution in [2.24, 2.45) is 0 Å². The van der Waals surface area contributed by atoms with Crippen LogP contribution in [0, 0.1) is 6.92 Å². The minimum absolute atomic E-state index is 0.0834. The lowest BCUT2D eigenvalue weighted by molar-refractivity contribution is 0.320. The van der Waals surface area contributed by atoms with Crippen LogP contribution >= 0.6 is 22.6 Å². The fourth-order valence-electron chi connectivity index (χ4n) is 3.04. The van der Waals surface area contributed by atoms with E-state index in [4.69, 9.17) is 0 Å². The number of hydrogen-bond acceptors (Lipinski definition) is 2. The molecule has 0 saturated carbocycles. The van der Waals surface area contributed by atoms with Crippen molar-refractivity contribution in [3.8, 4) is 0 Å². The molecule has 2 rings (SSSR count). The molecule has 0 aromatic heterocycles. The van der Waals surface area contributed by atoms with Gasteiger partial charge in [-0.3, -0.25) is 0 Å². The maximum atomic E-state index is 13.0. The molecule has 1 aromatic carbocycles. The zero-order chi connectivity index (χ0) is 15.6. The molecule has 5 heteroatoms. The van der Waals surface area contributed by atoms with Gasteiger partial charge >= 0.3 is 0 Å². The van der Waals surface area contributed by atoms with Crippen molar-refractivity contribution in [1.29, 1.82) is 0 Å². The van der Waals surface area contributed by atoms with Gasteiger partial charge in [-0.2, -0.15) is 4.31 Å². The second kappa shape index (κ2) is 6.96. The Morgan fingerprint density at radius 2 is 1.90 bits per heavy atom. The average molecular weight is 421 g/mol. The van der Waals surface area contributed by atoms with Gasteiger partial charge in [0.1, 0.15) is 0 Å². The van der Waals surface area contributed by atoms with Crippen LogP contribution in [0.1, 0.15) is 45.1 Å². The number of nitrogens with zero attached hydrogens (tertiary/aromatic N) is 1. The van der Waals surface area contributed by atoms with E-state index in [1.54, 1.807) is 16.4 Å². The Balaban J connectivity index is 2.33. The van der Waals surface area contributed by atoms with E-state index >= 15 is 0 Å². The first-order valence-electron chi connectivity index (χ1n) is 7.62. The van der Waals surface area contributed by atoms with Gasteiger partial charge in [-0.1, -0.05) is 60.1 Å². The third-order valence-corrected chi connectivity index (χ3v) is 7.59. The third-order valence-electron chi connectivity index (χ3n) is 4.19. The fraction of sp³-hybridized carbons (Fsp3) is 0.625. The normalized spacial score (nSPS) is 27.1. The van der Waals surface area contributed by atoms with Crippen molar-refractivity contribution in [3.05, 3.63) is 29.8 Å². The number of alkyl halides is 1. The Labute approximate surface area is 142 Å². The first kappa shape index (κ1) is 17.2. The molecule has 0 unspecified atom stereocenters. The molecule has 1 aliphatic rings. The molecule has 0 amide bonds. The Hall–Kier alpha value is -0.140. The summed E-state index contributed by atoms with van der Waals surface area (Å²) < 4.78 is 28.2. The van der Waals surface area contributed by atoms with Crippen LogP contribution in [-0.4, -0.2) is 28.7 Å². The van der Waals surface area contributed by atoms with Crippen LogP contribution in [0.3, 0.4) is 0 Å². The first-order valence-corrected chi connectivity index (χ1v) is 10.3. The van der Waals surface area contributed by atoms with E-state index in [1.807, 2.05) is 26.0 Å². The van der Waals surface area contributed by atoms with Gasteiger partial charge in [0, 0.05) is 16.0 Å². The van der Waals surface area contributed by atoms with Gasteiger partial charge in [0.15, 0.2) is 0 Å². The molecule has 0 bridgehead atoms. The number of halogens is 1. The highest BCUT2D eigenvalue weighted by Crippen LogP contribution is 2.37. The Bertz CT molecular complexity index is 570. The highest BCUT2D eigenvalue weighted by atomic mass is 127. The number of benzene rings is 1. The van der Waals surface area contributed by atoms with E-state index in [-0.39, 0.29) is 12.1 Å². The molecular formula is C16H24INO2S. The van der Waals surface area contributed by atoms with E-state index in [2.05, 4.69) is 29.5 Å². The van der Waals surface area contributed by atoms with Crippen molar-refractivity contribution < 1.29 is 8.42 Å². The second-order valence-electron chi connectivity index (χ2n) is 5.96. The molecule has 3 nitrogen and oxygen atoms in total. The van der Waals surface area contributed by atoms with Gasteiger partial charge in [0.25, 0.3) is 0 Å². The van der Waals surface area contributed by atoms with E-state index in [0.29, 0.717) is 8.82 Å². The third kappa shape index (κ3) is 3.62. The molecule has 3 atom stereocenters. The summed E-state index contributed by atoms with van der Waals surface area (Å²) in [5.74, 6) is 0. The summed E-state index contributed by atoms with van der Waals surface area (Å²) in [4.78, 5) is 0.423. The highest BCUT2D eigenvalue weighted by Gasteiger charge is 2.44. The predicted octanol–water partition coefficient (Wildman–Crippen LogP) is 4.14. The summed E-state index contributed by atoms with van der Waals surface area (Å²) >= 11 is 2.42. The lowest BCUT2D eigenvalue weighted by Crippen LogP contribution is -2.41. The van der Waals surface area contributed by atoms with E-state index in [1.165, 1.54) is 0 Å². The molecule has 0 aliphatic carbocycles. The molecule has 1 heterocycles. The van der Waals surface area contributed by atoms with Crippen molar-refractivity contribution >= 4 is 32.6 Å². The first-order chi connectivity index (χ1) is 9.87. The van der Waals surface area contributed by atoms with E-state index in [0.717, 1.165) is 31.2 Å². The zero-order valence-electron chi connectivity index (χ0n) is 12.9. The minimum Gasteiger partial charge on any atom is -0.207 e.